The number of ether oxygens (including phenoxy) is 1. The molecule has 0 bridgehead atoms. The number of methoxy groups -OCH3 is 1. The van der Waals surface area contributed by atoms with E-state index in [4.69, 9.17) is 22.2 Å². The van der Waals surface area contributed by atoms with E-state index in [1.807, 2.05) is 25.1 Å². The average molecular weight is 201 g/mol. The molecule has 72 valence electrons. The fraction of sp³-hybridized carbons (Fsp3) is 0.333. The number of hydrogen-bond acceptors (Lipinski definition) is 3. The van der Waals surface area contributed by atoms with Crippen LogP contribution in [0, 0.1) is 0 Å². The van der Waals surface area contributed by atoms with E-state index in [2.05, 4.69) is 5.43 Å². The highest BCUT2D eigenvalue weighted by Crippen LogP contribution is 2.31. The molecular weight excluding hydrogens is 188 g/mol. The second-order valence-corrected chi connectivity index (χ2v) is 3.15. The molecule has 0 amide bonds. The van der Waals surface area contributed by atoms with Crippen molar-refractivity contribution in [1.82, 2.24) is 5.43 Å². The molecule has 0 spiro atoms. The summed E-state index contributed by atoms with van der Waals surface area (Å²) in [5, 5.41) is 0.657. The van der Waals surface area contributed by atoms with E-state index in [0.29, 0.717) is 5.02 Å². The molecule has 0 saturated carbocycles. The van der Waals surface area contributed by atoms with E-state index < -0.39 is 0 Å². The number of rotatable bonds is 3. The Morgan fingerprint density at radius 3 is 2.77 bits per heavy atom. The SMILES string of the molecule is COc1cccc(Cl)c1C(C)NN. The molecule has 0 aromatic heterocycles. The Balaban J connectivity index is 3.14. The van der Waals surface area contributed by atoms with Crippen molar-refractivity contribution in [3.63, 3.8) is 0 Å². The zero-order valence-corrected chi connectivity index (χ0v) is 8.43. The number of halogens is 1. The van der Waals surface area contributed by atoms with Crippen molar-refractivity contribution in [1.29, 1.82) is 0 Å². The standard InChI is InChI=1S/C9H13ClN2O/c1-6(12-11)9-7(10)4-3-5-8(9)13-2/h3-6,12H,11H2,1-2H3. The Kier molecular flexibility index (Phi) is 3.54. The highest BCUT2D eigenvalue weighted by atomic mass is 35.5. The predicted molar refractivity (Wildman–Crippen MR) is 53.7 cm³/mol. The fourth-order valence-electron chi connectivity index (χ4n) is 1.20. The summed E-state index contributed by atoms with van der Waals surface area (Å²) in [4.78, 5) is 0. The Morgan fingerprint density at radius 1 is 1.54 bits per heavy atom. The first-order valence-corrected chi connectivity index (χ1v) is 4.37. The van der Waals surface area contributed by atoms with Crippen LogP contribution in [-0.4, -0.2) is 7.11 Å². The monoisotopic (exact) mass is 200 g/mol. The van der Waals surface area contributed by atoms with E-state index in [1.165, 1.54) is 0 Å². The van der Waals surface area contributed by atoms with Crippen LogP contribution in [0.5, 0.6) is 5.75 Å². The van der Waals surface area contributed by atoms with Crippen LogP contribution in [0.4, 0.5) is 0 Å². The van der Waals surface area contributed by atoms with Crippen LogP contribution >= 0.6 is 11.6 Å². The highest BCUT2D eigenvalue weighted by molar-refractivity contribution is 6.31. The molecule has 0 aliphatic heterocycles. The molecule has 1 rings (SSSR count). The summed E-state index contributed by atoms with van der Waals surface area (Å²) in [5.41, 5.74) is 3.52. The average Bonchev–Trinajstić information content (AvgIpc) is 2.16. The van der Waals surface area contributed by atoms with Gasteiger partial charge < -0.3 is 4.74 Å². The number of hydrogen-bond donors (Lipinski definition) is 2. The minimum absolute atomic E-state index is 0.0244. The van der Waals surface area contributed by atoms with Crippen LogP contribution in [0.25, 0.3) is 0 Å². The van der Waals surface area contributed by atoms with Crippen molar-refractivity contribution in [2.45, 2.75) is 13.0 Å². The van der Waals surface area contributed by atoms with Gasteiger partial charge in [0, 0.05) is 16.6 Å². The first kappa shape index (κ1) is 10.3. The first-order valence-electron chi connectivity index (χ1n) is 3.99. The molecule has 3 nitrogen and oxygen atoms in total. The smallest absolute Gasteiger partial charge is 0.125 e. The van der Waals surface area contributed by atoms with E-state index in [9.17, 15) is 0 Å². The van der Waals surface area contributed by atoms with Crippen LogP contribution in [0.3, 0.4) is 0 Å². The molecule has 0 heterocycles. The lowest BCUT2D eigenvalue weighted by molar-refractivity contribution is 0.402. The van der Waals surface area contributed by atoms with Gasteiger partial charge in [-0.1, -0.05) is 17.7 Å². The summed E-state index contributed by atoms with van der Waals surface area (Å²) in [6, 6.07) is 5.49. The van der Waals surface area contributed by atoms with Gasteiger partial charge >= 0.3 is 0 Å². The van der Waals surface area contributed by atoms with Crippen LogP contribution < -0.4 is 16.0 Å². The topological polar surface area (TPSA) is 47.3 Å². The van der Waals surface area contributed by atoms with Crippen molar-refractivity contribution < 1.29 is 4.74 Å². The minimum Gasteiger partial charge on any atom is -0.496 e. The zero-order chi connectivity index (χ0) is 9.84. The molecule has 0 fully saturated rings. The molecule has 1 atom stereocenters. The molecule has 4 heteroatoms. The lowest BCUT2D eigenvalue weighted by Crippen LogP contribution is -2.26. The van der Waals surface area contributed by atoms with Gasteiger partial charge in [0.2, 0.25) is 0 Å². The Bertz CT molecular complexity index is 291. The summed E-state index contributed by atoms with van der Waals surface area (Å²) >= 11 is 6.01. The van der Waals surface area contributed by atoms with E-state index >= 15 is 0 Å². The summed E-state index contributed by atoms with van der Waals surface area (Å²) in [6.07, 6.45) is 0. The largest absolute Gasteiger partial charge is 0.496 e. The Hall–Kier alpha value is -0.770. The predicted octanol–water partition coefficient (Wildman–Crippen LogP) is 1.87. The molecule has 3 N–H and O–H groups in total. The minimum atomic E-state index is -0.0244. The van der Waals surface area contributed by atoms with Crippen molar-refractivity contribution in [3.05, 3.63) is 28.8 Å². The van der Waals surface area contributed by atoms with Gasteiger partial charge in [-0.15, -0.1) is 0 Å². The quantitative estimate of drug-likeness (QED) is 0.579. The van der Waals surface area contributed by atoms with Crippen LogP contribution in [-0.2, 0) is 0 Å². The molecule has 0 aliphatic rings. The van der Waals surface area contributed by atoms with Gasteiger partial charge in [0.05, 0.1) is 7.11 Å². The number of nitrogens with two attached hydrogens (primary N) is 1. The second-order valence-electron chi connectivity index (χ2n) is 2.74. The van der Waals surface area contributed by atoms with Gasteiger partial charge in [-0.3, -0.25) is 11.3 Å². The molecule has 13 heavy (non-hydrogen) atoms. The van der Waals surface area contributed by atoms with Crippen molar-refractivity contribution in [2.24, 2.45) is 5.84 Å². The summed E-state index contributed by atoms with van der Waals surface area (Å²) < 4.78 is 5.17. The van der Waals surface area contributed by atoms with E-state index in [1.54, 1.807) is 7.11 Å². The third-order valence-electron chi connectivity index (χ3n) is 1.92. The number of hydrazine groups is 1. The maximum absolute atomic E-state index is 6.01. The fourth-order valence-corrected chi connectivity index (χ4v) is 1.53. The second kappa shape index (κ2) is 4.46. The molecule has 1 aromatic rings. The molecule has 0 saturated heterocycles. The molecule has 0 aliphatic carbocycles. The lowest BCUT2D eigenvalue weighted by atomic mass is 10.1. The van der Waals surface area contributed by atoms with Crippen LogP contribution in [0.15, 0.2) is 18.2 Å². The molecule has 1 aromatic carbocycles. The number of nitrogens with one attached hydrogen (secondary N) is 1. The van der Waals surface area contributed by atoms with Gasteiger partial charge in [0.25, 0.3) is 0 Å². The van der Waals surface area contributed by atoms with Crippen molar-refractivity contribution in [2.75, 3.05) is 7.11 Å². The lowest BCUT2D eigenvalue weighted by Gasteiger charge is -2.15. The van der Waals surface area contributed by atoms with E-state index in [-0.39, 0.29) is 6.04 Å². The van der Waals surface area contributed by atoms with Gasteiger partial charge in [-0.25, -0.2) is 0 Å². The molecule has 0 radical (unpaired) electrons. The summed E-state index contributed by atoms with van der Waals surface area (Å²) in [5.74, 6) is 6.08. The van der Waals surface area contributed by atoms with Crippen molar-refractivity contribution in [3.8, 4) is 5.75 Å². The van der Waals surface area contributed by atoms with Gasteiger partial charge in [0.1, 0.15) is 5.75 Å². The Labute approximate surface area is 82.8 Å². The van der Waals surface area contributed by atoms with Crippen LogP contribution in [0.2, 0.25) is 5.02 Å². The van der Waals surface area contributed by atoms with Gasteiger partial charge in [-0.05, 0) is 19.1 Å². The zero-order valence-electron chi connectivity index (χ0n) is 7.67. The number of benzene rings is 1. The van der Waals surface area contributed by atoms with Crippen molar-refractivity contribution >= 4 is 11.6 Å². The maximum atomic E-state index is 6.01. The molecule has 1 unspecified atom stereocenters. The molecular formula is C9H13ClN2O. The van der Waals surface area contributed by atoms with E-state index in [0.717, 1.165) is 11.3 Å². The third kappa shape index (κ3) is 2.12. The third-order valence-corrected chi connectivity index (χ3v) is 2.25. The summed E-state index contributed by atoms with van der Waals surface area (Å²) in [6.45, 7) is 1.92. The highest BCUT2D eigenvalue weighted by Gasteiger charge is 2.13. The maximum Gasteiger partial charge on any atom is 0.125 e. The normalized spacial score (nSPS) is 12.6. The van der Waals surface area contributed by atoms with Gasteiger partial charge in [0.15, 0.2) is 0 Å². The van der Waals surface area contributed by atoms with Gasteiger partial charge in [-0.2, -0.15) is 0 Å². The summed E-state index contributed by atoms with van der Waals surface area (Å²) in [7, 11) is 1.61. The first-order chi connectivity index (χ1) is 6.20. The van der Waals surface area contributed by atoms with Crippen LogP contribution in [0.1, 0.15) is 18.5 Å². The Morgan fingerprint density at radius 2 is 2.23 bits per heavy atom.